The minimum atomic E-state index is 0.446. The molecule has 0 radical (unpaired) electrons. The Kier molecular flexibility index (Phi) is 3.84. The third-order valence-corrected chi connectivity index (χ3v) is 3.13. The molecule has 1 heterocycles. The molecule has 0 saturated heterocycles. The molecule has 0 fully saturated rings. The molecule has 0 spiro atoms. The van der Waals surface area contributed by atoms with Gasteiger partial charge in [0.05, 0.1) is 5.02 Å². The second kappa shape index (κ2) is 5.38. The number of hydrogen-bond donors (Lipinski definition) is 1. The van der Waals surface area contributed by atoms with E-state index in [2.05, 4.69) is 24.0 Å². The molecule has 2 N–H and O–H groups in total. The molecule has 1 aromatic heterocycles. The molecule has 4 heteroatoms. The fourth-order valence-electron chi connectivity index (χ4n) is 1.72. The molecule has 1 aromatic carbocycles. The van der Waals surface area contributed by atoms with Crippen molar-refractivity contribution in [3.63, 3.8) is 0 Å². The zero-order chi connectivity index (χ0) is 13.1. The summed E-state index contributed by atoms with van der Waals surface area (Å²) in [6, 6.07) is 10.1. The van der Waals surface area contributed by atoms with Crippen LogP contribution in [0.1, 0.15) is 11.1 Å². The minimum absolute atomic E-state index is 0.446. The van der Waals surface area contributed by atoms with Crippen LogP contribution in [0.25, 0.3) is 0 Å². The van der Waals surface area contributed by atoms with E-state index < -0.39 is 0 Å². The molecule has 94 valence electrons. The Labute approximate surface area is 112 Å². The van der Waals surface area contributed by atoms with Gasteiger partial charge in [-0.25, -0.2) is 4.98 Å². The quantitative estimate of drug-likeness (QED) is 0.922. The van der Waals surface area contributed by atoms with E-state index in [4.69, 9.17) is 17.3 Å². The van der Waals surface area contributed by atoms with Crippen LogP contribution in [0.5, 0.6) is 0 Å². The van der Waals surface area contributed by atoms with Crippen LogP contribution in [-0.2, 0) is 6.54 Å². The summed E-state index contributed by atoms with van der Waals surface area (Å²) in [4.78, 5) is 6.32. The number of rotatable bonds is 3. The molecule has 0 aliphatic carbocycles. The van der Waals surface area contributed by atoms with Crippen LogP contribution < -0.4 is 10.6 Å². The van der Waals surface area contributed by atoms with E-state index in [1.807, 2.05) is 30.1 Å². The lowest BCUT2D eigenvalue weighted by molar-refractivity contribution is 1.03. The van der Waals surface area contributed by atoms with Gasteiger partial charge in [-0.05, 0) is 30.7 Å². The Morgan fingerprint density at radius 2 is 1.94 bits per heavy atom. The molecular formula is C14H16ClN3. The first-order valence-electron chi connectivity index (χ1n) is 5.76. The Balaban J connectivity index is 2.33. The fraction of sp³-hybridized carbons (Fsp3) is 0.214. The molecular weight excluding hydrogens is 246 g/mol. The topological polar surface area (TPSA) is 42.2 Å². The van der Waals surface area contributed by atoms with Crippen LogP contribution in [0.3, 0.4) is 0 Å². The monoisotopic (exact) mass is 261 g/mol. The molecule has 2 aromatic rings. The van der Waals surface area contributed by atoms with Crippen molar-refractivity contribution < 1.29 is 0 Å². The molecule has 0 atom stereocenters. The number of nitrogens with zero attached hydrogens (tertiary/aromatic N) is 2. The smallest absolute Gasteiger partial charge is 0.151 e. The van der Waals surface area contributed by atoms with Crippen molar-refractivity contribution in [3.05, 3.63) is 52.7 Å². The molecule has 0 amide bonds. The van der Waals surface area contributed by atoms with Crippen molar-refractivity contribution in [2.24, 2.45) is 5.73 Å². The van der Waals surface area contributed by atoms with E-state index in [1.165, 1.54) is 5.56 Å². The average Bonchev–Trinajstić information content (AvgIpc) is 2.38. The van der Waals surface area contributed by atoms with Gasteiger partial charge in [0.25, 0.3) is 0 Å². The third kappa shape index (κ3) is 2.63. The number of hydrogen-bond acceptors (Lipinski definition) is 3. The number of aryl methyl sites for hydroxylation is 1. The first-order chi connectivity index (χ1) is 8.61. The van der Waals surface area contributed by atoms with Gasteiger partial charge in [0.1, 0.15) is 0 Å². The molecule has 18 heavy (non-hydrogen) atoms. The van der Waals surface area contributed by atoms with Crippen molar-refractivity contribution in [3.8, 4) is 0 Å². The summed E-state index contributed by atoms with van der Waals surface area (Å²) >= 11 is 6.22. The number of benzene rings is 1. The predicted molar refractivity (Wildman–Crippen MR) is 76.4 cm³/mol. The molecule has 0 aliphatic heterocycles. The van der Waals surface area contributed by atoms with Crippen molar-refractivity contribution in [2.75, 3.05) is 11.9 Å². The van der Waals surface area contributed by atoms with Gasteiger partial charge in [0, 0.05) is 25.5 Å². The SMILES string of the molecule is Cc1ccc(N(C)c2ncc(CN)cc2Cl)cc1. The predicted octanol–water partition coefficient (Wildman–Crippen LogP) is 3.27. The Hall–Kier alpha value is -1.58. The zero-order valence-corrected chi connectivity index (χ0v) is 11.3. The van der Waals surface area contributed by atoms with Gasteiger partial charge in [-0.15, -0.1) is 0 Å². The first-order valence-corrected chi connectivity index (χ1v) is 6.14. The minimum Gasteiger partial charge on any atom is -0.328 e. The van der Waals surface area contributed by atoms with Crippen LogP contribution in [0.2, 0.25) is 5.02 Å². The summed E-state index contributed by atoms with van der Waals surface area (Å²) in [7, 11) is 1.95. The van der Waals surface area contributed by atoms with Gasteiger partial charge in [0.2, 0.25) is 0 Å². The Bertz CT molecular complexity index is 537. The second-order valence-corrected chi connectivity index (χ2v) is 4.65. The maximum absolute atomic E-state index is 6.22. The van der Waals surface area contributed by atoms with Gasteiger partial charge in [0.15, 0.2) is 5.82 Å². The van der Waals surface area contributed by atoms with Crippen LogP contribution in [-0.4, -0.2) is 12.0 Å². The van der Waals surface area contributed by atoms with Crippen molar-refractivity contribution in [1.29, 1.82) is 0 Å². The lowest BCUT2D eigenvalue weighted by Crippen LogP contribution is -2.12. The Morgan fingerprint density at radius 1 is 1.28 bits per heavy atom. The summed E-state index contributed by atoms with van der Waals surface area (Å²) in [6.45, 7) is 2.51. The highest BCUT2D eigenvalue weighted by Crippen LogP contribution is 2.28. The zero-order valence-electron chi connectivity index (χ0n) is 10.5. The summed E-state index contributed by atoms with van der Waals surface area (Å²) in [5, 5.41) is 0.612. The van der Waals surface area contributed by atoms with Crippen LogP contribution >= 0.6 is 11.6 Å². The summed E-state index contributed by atoms with van der Waals surface area (Å²) in [5.74, 6) is 0.734. The van der Waals surface area contributed by atoms with Crippen molar-refractivity contribution in [1.82, 2.24) is 4.98 Å². The van der Waals surface area contributed by atoms with Gasteiger partial charge >= 0.3 is 0 Å². The van der Waals surface area contributed by atoms with E-state index in [-0.39, 0.29) is 0 Å². The highest BCUT2D eigenvalue weighted by molar-refractivity contribution is 6.33. The first kappa shape index (κ1) is 12.9. The normalized spacial score (nSPS) is 10.4. The van der Waals surface area contributed by atoms with E-state index in [9.17, 15) is 0 Å². The maximum Gasteiger partial charge on any atom is 0.151 e. The molecule has 0 bridgehead atoms. The average molecular weight is 262 g/mol. The van der Waals surface area contributed by atoms with Gasteiger partial charge < -0.3 is 10.6 Å². The summed E-state index contributed by atoms with van der Waals surface area (Å²) in [6.07, 6.45) is 1.76. The number of halogens is 1. The highest BCUT2D eigenvalue weighted by Gasteiger charge is 2.10. The van der Waals surface area contributed by atoms with E-state index >= 15 is 0 Å². The highest BCUT2D eigenvalue weighted by atomic mass is 35.5. The summed E-state index contributed by atoms with van der Waals surface area (Å²) < 4.78 is 0. The maximum atomic E-state index is 6.22. The number of pyridine rings is 1. The van der Waals surface area contributed by atoms with Crippen LogP contribution in [0.15, 0.2) is 36.5 Å². The van der Waals surface area contributed by atoms with Crippen LogP contribution in [0, 0.1) is 6.92 Å². The summed E-state index contributed by atoms with van der Waals surface area (Å²) in [5.41, 5.74) is 8.77. The molecule has 0 unspecified atom stereocenters. The lowest BCUT2D eigenvalue weighted by Gasteiger charge is -2.20. The third-order valence-electron chi connectivity index (χ3n) is 2.85. The molecule has 0 aliphatic rings. The fourth-order valence-corrected chi connectivity index (χ4v) is 2.04. The largest absolute Gasteiger partial charge is 0.328 e. The van der Waals surface area contributed by atoms with E-state index in [1.54, 1.807) is 6.20 Å². The van der Waals surface area contributed by atoms with Crippen molar-refractivity contribution in [2.45, 2.75) is 13.5 Å². The van der Waals surface area contributed by atoms with E-state index in [0.717, 1.165) is 17.1 Å². The second-order valence-electron chi connectivity index (χ2n) is 4.25. The standard InChI is InChI=1S/C14H16ClN3/c1-10-3-5-12(6-4-10)18(2)14-13(15)7-11(8-16)9-17-14/h3-7,9H,8,16H2,1-2H3. The molecule has 2 rings (SSSR count). The van der Waals surface area contributed by atoms with Crippen molar-refractivity contribution >= 4 is 23.1 Å². The Morgan fingerprint density at radius 3 is 2.50 bits per heavy atom. The van der Waals surface area contributed by atoms with Crippen LogP contribution in [0.4, 0.5) is 11.5 Å². The number of anilines is 2. The molecule has 3 nitrogen and oxygen atoms in total. The lowest BCUT2D eigenvalue weighted by atomic mass is 10.2. The van der Waals surface area contributed by atoms with Gasteiger partial charge in [-0.3, -0.25) is 0 Å². The van der Waals surface area contributed by atoms with E-state index in [0.29, 0.717) is 11.6 Å². The number of aromatic nitrogens is 1. The van der Waals surface area contributed by atoms with Gasteiger partial charge in [-0.1, -0.05) is 29.3 Å². The molecule has 0 saturated carbocycles. The van der Waals surface area contributed by atoms with Gasteiger partial charge in [-0.2, -0.15) is 0 Å². The number of nitrogens with two attached hydrogens (primary N) is 1.